The summed E-state index contributed by atoms with van der Waals surface area (Å²) in [5.41, 5.74) is 3.21. The third-order valence-electron chi connectivity index (χ3n) is 4.32. The predicted octanol–water partition coefficient (Wildman–Crippen LogP) is 4.44. The minimum atomic E-state index is -0.418. The Morgan fingerprint density at radius 3 is 2.61 bits per heavy atom. The fourth-order valence-corrected chi connectivity index (χ4v) is 2.76. The highest BCUT2D eigenvalue weighted by molar-refractivity contribution is 6.06. The number of pyridine rings is 1. The number of nitrogens with zero attached hydrogens (tertiary/aromatic N) is 2. The molecule has 0 atom stereocenters. The van der Waals surface area contributed by atoms with Gasteiger partial charge in [0, 0.05) is 29.7 Å². The van der Waals surface area contributed by atoms with E-state index in [1.165, 1.54) is 6.07 Å². The molecule has 7 heteroatoms. The normalized spacial score (nSPS) is 10.4. The quantitative estimate of drug-likeness (QED) is 0.506. The Hall–Kier alpha value is -3.74. The molecule has 0 fully saturated rings. The van der Waals surface area contributed by atoms with E-state index in [0.29, 0.717) is 28.1 Å². The number of nitrogens with one attached hydrogen (secondary N) is 1. The molecule has 28 heavy (non-hydrogen) atoms. The summed E-state index contributed by atoms with van der Waals surface area (Å²) in [6.07, 6.45) is 3.18. The van der Waals surface area contributed by atoms with E-state index in [0.717, 1.165) is 5.56 Å². The van der Waals surface area contributed by atoms with Crippen LogP contribution in [-0.2, 0) is 6.61 Å². The first-order valence-corrected chi connectivity index (χ1v) is 8.63. The van der Waals surface area contributed by atoms with Crippen LogP contribution in [0.25, 0.3) is 0 Å². The maximum atomic E-state index is 12.7. The van der Waals surface area contributed by atoms with E-state index in [4.69, 9.17) is 4.74 Å². The van der Waals surface area contributed by atoms with E-state index in [1.807, 2.05) is 13.0 Å². The summed E-state index contributed by atoms with van der Waals surface area (Å²) in [6, 6.07) is 13.6. The number of aryl methyl sites for hydroxylation is 1. The zero-order chi connectivity index (χ0) is 20.1. The summed E-state index contributed by atoms with van der Waals surface area (Å²) in [5.74, 6) is 0.101. The number of benzene rings is 2. The molecular weight excluding hydrogens is 358 g/mol. The average molecular weight is 377 g/mol. The lowest BCUT2D eigenvalue weighted by Crippen LogP contribution is -2.14. The maximum absolute atomic E-state index is 12.7. The molecule has 0 aliphatic rings. The fraction of sp³-hybridized carbons (Fsp3) is 0.143. The van der Waals surface area contributed by atoms with Crippen LogP contribution in [-0.4, -0.2) is 15.8 Å². The zero-order valence-electron chi connectivity index (χ0n) is 15.5. The van der Waals surface area contributed by atoms with Gasteiger partial charge >= 0.3 is 0 Å². The van der Waals surface area contributed by atoms with Crippen molar-refractivity contribution in [2.24, 2.45) is 0 Å². The van der Waals surface area contributed by atoms with Crippen molar-refractivity contribution in [3.05, 3.63) is 93.3 Å². The number of carbonyl (C=O) groups is 1. The van der Waals surface area contributed by atoms with E-state index in [2.05, 4.69) is 10.3 Å². The first-order valence-electron chi connectivity index (χ1n) is 8.63. The molecule has 142 valence electrons. The number of amides is 1. The standard InChI is InChI=1S/C21H19N3O4/c1-14-6-7-20(18(12-14)21(25)23-17-8-10-22-11-9-17)28-13-16-4-3-5-19(15(16)2)24(26)27/h3-12H,13H2,1-2H3,(H,22,23,25). The summed E-state index contributed by atoms with van der Waals surface area (Å²) in [5, 5.41) is 13.9. The molecular formula is C21H19N3O4. The van der Waals surface area contributed by atoms with Crippen molar-refractivity contribution in [3.8, 4) is 5.75 Å². The number of nitro groups is 1. The molecule has 3 rings (SSSR count). The fourth-order valence-electron chi connectivity index (χ4n) is 2.76. The lowest BCUT2D eigenvalue weighted by atomic mass is 10.1. The van der Waals surface area contributed by atoms with Gasteiger partial charge in [-0.25, -0.2) is 0 Å². The number of hydrogen-bond acceptors (Lipinski definition) is 5. The van der Waals surface area contributed by atoms with Crippen LogP contribution in [0.5, 0.6) is 5.75 Å². The van der Waals surface area contributed by atoms with E-state index < -0.39 is 4.92 Å². The number of carbonyl (C=O) groups excluding carboxylic acids is 1. The van der Waals surface area contributed by atoms with Crippen molar-refractivity contribution in [1.29, 1.82) is 0 Å². The van der Waals surface area contributed by atoms with Gasteiger partial charge in [0.2, 0.25) is 0 Å². The van der Waals surface area contributed by atoms with Crippen LogP contribution in [0.15, 0.2) is 60.9 Å². The molecule has 0 aliphatic carbocycles. The van der Waals surface area contributed by atoms with Crippen molar-refractivity contribution in [1.82, 2.24) is 4.98 Å². The molecule has 0 saturated carbocycles. The van der Waals surface area contributed by atoms with Crippen LogP contribution >= 0.6 is 0 Å². The monoisotopic (exact) mass is 377 g/mol. The molecule has 1 heterocycles. The highest BCUT2D eigenvalue weighted by atomic mass is 16.6. The molecule has 0 spiro atoms. The summed E-state index contributed by atoms with van der Waals surface area (Å²) in [6.45, 7) is 3.69. The number of aromatic nitrogens is 1. The molecule has 1 N–H and O–H groups in total. The smallest absolute Gasteiger partial charge is 0.272 e. The summed E-state index contributed by atoms with van der Waals surface area (Å²) >= 11 is 0. The van der Waals surface area contributed by atoms with Gasteiger partial charge in [-0.1, -0.05) is 23.8 Å². The van der Waals surface area contributed by atoms with E-state index >= 15 is 0 Å². The van der Waals surface area contributed by atoms with Gasteiger partial charge in [-0.2, -0.15) is 0 Å². The Kier molecular flexibility index (Phi) is 5.64. The Labute approximate surface area is 162 Å². The summed E-state index contributed by atoms with van der Waals surface area (Å²) in [4.78, 5) is 27.3. The molecule has 0 saturated heterocycles. The third kappa shape index (κ3) is 4.32. The molecule has 7 nitrogen and oxygen atoms in total. The Bertz CT molecular complexity index is 1020. The summed E-state index contributed by atoms with van der Waals surface area (Å²) in [7, 11) is 0. The van der Waals surface area contributed by atoms with Gasteiger partial charge in [0.25, 0.3) is 11.6 Å². The predicted molar refractivity (Wildman–Crippen MR) is 106 cm³/mol. The van der Waals surface area contributed by atoms with Gasteiger partial charge in [-0.15, -0.1) is 0 Å². The lowest BCUT2D eigenvalue weighted by Gasteiger charge is -2.14. The van der Waals surface area contributed by atoms with Crippen molar-refractivity contribution < 1.29 is 14.5 Å². The number of nitro benzene ring substituents is 1. The van der Waals surface area contributed by atoms with E-state index in [-0.39, 0.29) is 18.2 Å². The SMILES string of the molecule is Cc1ccc(OCc2cccc([N+](=O)[O-])c2C)c(C(=O)Nc2ccncc2)c1. The highest BCUT2D eigenvalue weighted by Gasteiger charge is 2.16. The van der Waals surface area contributed by atoms with Crippen LogP contribution in [0, 0.1) is 24.0 Å². The van der Waals surface area contributed by atoms with Gasteiger partial charge in [0.15, 0.2) is 0 Å². The maximum Gasteiger partial charge on any atom is 0.272 e. The Morgan fingerprint density at radius 2 is 1.89 bits per heavy atom. The van der Waals surface area contributed by atoms with Crippen LogP contribution in [0.1, 0.15) is 27.0 Å². The molecule has 1 aromatic heterocycles. The van der Waals surface area contributed by atoms with Crippen LogP contribution in [0.4, 0.5) is 11.4 Å². The first-order chi connectivity index (χ1) is 13.5. The second-order valence-corrected chi connectivity index (χ2v) is 6.30. The minimum Gasteiger partial charge on any atom is -0.488 e. The van der Waals surface area contributed by atoms with Crippen molar-refractivity contribution >= 4 is 17.3 Å². The summed E-state index contributed by atoms with van der Waals surface area (Å²) < 4.78 is 5.86. The third-order valence-corrected chi connectivity index (χ3v) is 4.32. The molecule has 3 aromatic rings. The molecule has 1 amide bonds. The molecule has 2 aromatic carbocycles. The largest absolute Gasteiger partial charge is 0.488 e. The molecule has 0 bridgehead atoms. The minimum absolute atomic E-state index is 0.0423. The molecule has 0 aliphatic heterocycles. The average Bonchev–Trinajstić information content (AvgIpc) is 2.68. The van der Waals surface area contributed by atoms with Gasteiger partial charge in [0.05, 0.1) is 10.5 Å². The number of ether oxygens (including phenoxy) is 1. The van der Waals surface area contributed by atoms with E-state index in [9.17, 15) is 14.9 Å². The van der Waals surface area contributed by atoms with Crippen molar-refractivity contribution in [2.75, 3.05) is 5.32 Å². The Morgan fingerprint density at radius 1 is 1.14 bits per heavy atom. The second kappa shape index (κ2) is 8.30. The van der Waals surface area contributed by atoms with Gasteiger partial charge in [-0.3, -0.25) is 19.9 Å². The lowest BCUT2D eigenvalue weighted by molar-refractivity contribution is -0.385. The Balaban J connectivity index is 1.82. The van der Waals surface area contributed by atoms with Crippen molar-refractivity contribution in [3.63, 3.8) is 0 Å². The molecule has 0 radical (unpaired) electrons. The van der Waals surface area contributed by atoms with Gasteiger partial charge in [-0.05, 0) is 43.7 Å². The molecule has 0 unspecified atom stereocenters. The highest BCUT2D eigenvalue weighted by Crippen LogP contribution is 2.25. The van der Waals surface area contributed by atoms with Crippen LogP contribution in [0.3, 0.4) is 0 Å². The number of hydrogen-bond donors (Lipinski definition) is 1. The van der Waals surface area contributed by atoms with Crippen LogP contribution in [0.2, 0.25) is 0 Å². The second-order valence-electron chi connectivity index (χ2n) is 6.30. The van der Waals surface area contributed by atoms with Gasteiger partial charge < -0.3 is 10.1 Å². The van der Waals surface area contributed by atoms with Crippen LogP contribution < -0.4 is 10.1 Å². The topological polar surface area (TPSA) is 94.4 Å². The number of rotatable bonds is 6. The van der Waals surface area contributed by atoms with Gasteiger partial charge in [0.1, 0.15) is 12.4 Å². The van der Waals surface area contributed by atoms with Crippen molar-refractivity contribution in [2.45, 2.75) is 20.5 Å². The number of anilines is 1. The zero-order valence-corrected chi connectivity index (χ0v) is 15.5. The first kappa shape index (κ1) is 19.0. The van der Waals surface area contributed by atoms with E-state index in [1.54, 1.807) is 55.7 Å².